The van der Waals surface area contributed by atoms with E-state index in [1.807, 2.05) is 45.9 Å². The van der Waals surface area contributed by atoms with Gasteiger partial charge in [-0.2, -0.15) is 0 Å². The molecule has 1 atom stereocenters. The lowest BCUT2D eigenvalue weighted by Gasteiger charge is -2.20. The zero-order valence-electron chi connectivity index (χ0n) is 14.2. The van der Waals surface area contributed by atoms with E-state index in [4.69, 9.17) is 4.74 Å². The molecule has 0 bridgehead atoms. The second-order valence-electron chi connectivity index (χ2n) is 6.35. The monoisotopic (exact) mass is 306 g/mol. The maximum atomic E-state index is 12.1. The highest BCUT2D eigenvalue weighted by Crippen LogP contribution is 2.24. The Morgan fingerprint density at radius 2 is 1.91 bits per heavy atom. The van der Waals surface area contributed by atoms with Crippen LogP contribution >= 0.6 is 0 Å². The van der Waals surface area contributed by atoms with Crippen molar-refractivity contribution in [3.63, 3.8) is 0 Å². The number of anilines is 2. The Balaban J connectivity index is 2.86. The molecule has 122 valence electrons. The summed E-state index contributed by atoms with van der Waals surface area (Å²) in [5.41, 5.74) is 2.00. The van der Waals surface area contributed by atoms with Gasteiger partial charge < -0.3 is 15.4 Å². The first kappa shape index (κ1) is 18.0. The first-order valence-corrected chi connectivity index (χ1v) is 7.50. The molecule has 0 aliphatic heterocycles. The van der Waals surface area contributed by atoms with Crippen LogP contribution in [0.2, 0.25) is 0 Å². The second kappa shape index (κ2) is 7.29. The van der Waals surface area contributed by atoms with E-state index < -0.39 is 11.5 Å². The molecule has 0 radical (unpaired) electrons. The minimum Gasteiger partial charge on any atom is -0.464 e. The van der Waals surface area contributed by atoms with E-state index >= 15 is 0 Å². The molecule has 0 heterocycles. The van der Waals surface area contributed by atoms with Gasteiger partial charge in [0.2, 0.25) is 5.91 Å². The number of hydrogen-bond donors (Lipinski definition) is 2. The Morgan fingerprint density at radius 3 is 2.45 bits per heavy atom. The van der Waals surface area contributed by atoms with Gasteiger partial charge >= 0.3 is 5.97 Å². The van der Waals surface area contributed by atoms with Crippen LogP contribution in [0.3, 0.4) is 0 Å². The van der Waals surface area contributed by atoms with Crippen LogP contribution in [0.25, 0.3) is 0 Å². The average molecular weight is 306 g/mol. The molecule has 22 heavy (non-hydrogen) atoms. The van der Waals surface area contributed by atoms with Gasteiger partial charge in [-0.1, -0.05) is 26.8 Å². The molecule has 1 aromatic carbocycles. The summed E-state index contributed by atoms with van der Waals surface area (Å²) < 4.78 is 4.97. The molecule has 2 N–H and O–H groups in total. The van der Waals surface area contributed by atoms with Gasteiger partial charge in [0.1, 0.15) is 6.04 Å². The summed E-state index contributed by atoms with van der Waals surface area (Å²) in [5, 5.41) is 6.00. The van der Waals surface area contributed by atoms with Gasteiger partial charge in [-0.25, -0.2) is 4.79 Å². The lowest BCUT2D eigenvalue weighted by atomic mass is 9.95. The van der Waals surface area contributed by atoms with E-state index in [1.165, 1.54) is 0 Å². The Labute approximate surface area is 132 Å². The van der Waals surface area contributed by atoms with Gasteiger partial charge in [0.25, 0.3) is 0 Å². The minimum atomic E-state index is -0.464. The van der Waals surface area contributed by atoms with E-state index in [0.29, 0.717) is 6.61 Å². The lowest BCUT2D eigenvalue weighted by molar-refractivity contribution is -0.143. The first-order chi connectivity index (χ1) is 10.1. The summed E-state index contributed by atoms with van der Waals surface area (Å²) >= 11 is 0. The van der Waals surface area contributed by atoms with Gasteiger partial charge in [-0.05, 0) is 38.5 Å². The fourth-order valence-corrected chi connectivity index (χ4v) is 1.73. The highest BCUT2D eigenvalue weighted by molar-refractivity contribution is 5.95. The van der Waals surface area contributed by atoms with E-state index in [2.05, 4.69) is 10.6 Å². The second-order valence-corrected chi connectivity index (χ2v) is 6.35. The SMILES string of the molecule is CCOC(=O)C(C)Nc1ccc(C)c(NC(=O)C(C)(C)C)c1. The van der Waals surface area contributed by atoms with Crippen molar-refractivity contribution in [1.29, 1.82) is 0 Å². The number of hydrogen-bond acceptors (Lipinski definition) is 4. The topological polar surface area (TPSA) is 67.4 Å². The number of esters is 1. The Hall–Kier alpha value is -2.04. The van der Waals surface area contributed by atoms with Gasteiger partial charge in [0, 0.05) is 16.8 Å². The Kier molecular flexibility index (Phi) is 5.97. The number of aryl methyl sites for hydroxylation is 1. The van der Waals surface area contributed by atoms with Crippen LogP contribution in [0, 0.1) is 12.3 Å². The maximum Gasteiger partial charge on any atom is 0.328 e. The highest BCUT2D eigenvalue weighted by Gasteiger charge is 2.22. The summed E-state index contributed by atoms with van der Waals surface area (Å²) in [5.74, 6) is -0.352. The first-order valence-electron chi connectivity index (χ1n) is 7.50. The maximum absolute atomic E-state index is 12.1. The lowest BCUT2D eigenvalue weighted by Crippen LogP contribution is -2.29. The largest absolute Gasteiger partial charge is 0.464 e. The van der Waals surface area contributed by atoms with Crippen molar-refractivity contribution in [2.75, 3.05) is 17.2 Å². The van der Waals surface area contributed by atoms with E-state index in [-0.39, 0.29) is 11.9 Å². The molecule has 0 saturated heterocycles. The molecular formula is C17H26N2O3. The summed E-state index contributed by atoms with van der Waals surface area (Å²) in [6, 6.07) is 5.15. The van der Waals surface area contributed by atoms with Crippen LogP contribution in [0.1, 0.15) is 40.2 Å². The molecule has 1 aromatic rings. The molecule has 0 aliphatic rings. The number of rotatable bonds is 5. The van der Waals surface area contributed by atoms with Crippen molar-refractivity contribution in [3.8, 4) is 0 Å². The number of nitrogens with one attached hydrogen (secondary N) is 2. The zero-order valence-corrected chi connectivity index (χ0v) is 14.2. The van der Waals surface area contributed by atoms with Crippen LogP contribution < -0.4 is 10.6 Å². The molecular weight excluding hydrogens is 280 g/mol. The van der Waals surface area contributed by atoms with Crippen LogP contribution in [-0.2, 0) is 14.3 Å². The predicted molar refractivity (Wildman–Crippen MR) is 89.0 cm³/mol. The third kappa shape index (κ3) is 5.06. The highest BCUT2D eigenvalue weighted by atomic mass is 16.5. The van der Waals surface area contributed by atoms with Crippen molar-refractivity contribution < 1.29 is 14.3 Å². The standard InChI is InChI=1S/C17H26N2O3/c1-7-22-15(20)12(3)18-13-9-8-11(2)14(10-13)19-16(21)17(4,5)6/h8-10,12,18H,7H2,1-6H3,(H,19,21). The van der Waals surface area contributed by atoms with Crippen molar-refractivity contribution in [1.82, 2.24) is 0 Å². The average Bonchev–Trinajstić information content (AvgIpc) is 2.41. The van der Waals surface area contributed by atoms with Gasteiger partial charge in [-0.3, -0.25) is 4.79 Å². The van der Waals surface area contributed by atoms with E-state index in [0.717, 1.165) is 16.9 Å². The van der Waals surface area contributed by atoms with Crippen LogP contribution in [-0.4, -0.2) is 24.5 Å². The number of ether oxygens (including phenoxy) is 1. The molecule has 1 rings (SSSR count). The summed E-state index contributed by atoms with van der Waals surface area (Å²) in [6.45, 7) is 11.4. The van der Waals surface area contributed by atoms with Crippen molar-refractivity contribution in [3.05, 3.63) is 23.8 Å². The summed E-state index contributed by atoms with van der Waals surface area (Å²) in [7, 11) is 0. The quantitative estimate of drug-likeness (QED) is 0.819. The van der Waals surface area contributed by atoms with E-state index in [9.17, 15) is 9.59 Å². The van der Waals surface area contributed by atoms with E-state index in [1.54, 1.807) is 13.8 Å². The third-order valence-electron chi connectivity index (χ3n) is 3.19. The van der Waals surface area contributed by atoms with Gasteiger partial charge in [-0.15, -0.1) is 0 Å². The molecule has 1 amide bonds. The molecule has 0 fully saturated rings. The number of benzene rings is 1. The normalized spacial score (nSPS) is 12.5. The predicted octanol–water partition coefficient (Wildman–Crippen LogP) is 3.34. The Morgan fingerprint density at radius 1 is 1.27 bits per heavy atom. The van der Waals surface area contributed by atoms with Crippen LogP contribution in [0.5, 0.6) is 0 Å². The fraction of sp³-hybridized carbons (Fsp3) is 0.529. The molecule has 0 aromatic heterocycles. The molecule has 0 spiro atoms. The van der Waals surface area contributed by atoms with Crippen molar-refractivity contribution >= 4 is 23.3 Å². The zero-order chi connectivity index (χ0) is 16.9. The fourth-order valence-electron chi connectivity index (χ4n) is 1.73. The number of amides is 1. The van der Waals surface area contributed by atoms with Gasteiger partial charge in [0.15, 0.2) is 0 Å². The summed E-state index contributed by atoms with van der Waals surface area (Å²) in [4.78, 5) is 23.8. The Bertz CT molecular complexity index is 547. The molecule has 5 nitrogen and oxygen atoms in total. The minimum absolute atomic E-state index is 0.0498. The van der Waals surface area contributed by atoms with Crippen LogP contribution in [0.15, 0.2) is 18.2 Å². The molecule has 0 aliphatic carbocycles. The third-order valence-corrected chi connectivity index (χ3v) is 3.19. The van der Waals surface area contributed by atoms with Gasteiger partial charge in [0.05, 0.1) is 6.61 Å². The smallest absolute Gasteiger partial charge is 0.328 e. The number of carbonyl (C=O) groups is 2. The van der Waals surface area contributed by atoms with Crippen molar-refractivity contribution in [2.24, 2.45) is 5.41 Å². The summed E-state index contributed by atoms with van der Waals surface area (Å²) in [6.07, 6.45) is 0. The molecule has 1 unspecified atom stereocenters. The van der Waals surface area contributed by atoms with Crippen molar-refractivity contribution in [2.45, 2.75) is 47.6 Å². The van der Waals surface area contributed by atoms with Crippen LogP contribution in [0.4, 0.5) is 11.4 Å². The molecule has 0 saturated carbocycles. The number of carbonyl (C=O) groups excluding carboxylic acids is 2. The molecule has 5 heteroatoms.